The fourth-order valence-electron chi connectivity index (χ4n) is 3.36. The number of ether oxygens (including phenoxy) is 1. The third kappa shape index (κ3) is 2.18. The smallest absolute Gasteiger partial charge is 0.335 e. The minimum absolute atomic E-state index is 0.00698. The van der Waals surface area contributed by atoms with E-state index in [2.05, 4.69) is 11.8 Å². The minimum atomic E-state index is -0.439. The van der Waals surface area contributed by atoms with Crippen LogP contribution in [0.1, 0.15) is 39.5 Å². The second-order valence-corrected chi connectivity index (χ2v) is 5.40. The van der Waals surface area contributed by atoms with E-state index < -0.39 is 11.7 Å². The van der Waals surface area contributed by atoms with E-state index in [9.17, 15) is 4.79 Å². The third-order valence-corrected chi connectivity index (χ3v) is 4.12. The van der Waals surface area contributed by atoms with Crippen LogP contribution in [0.4, 0.5) is 0 Å². The first kappa shape index (κ1) is 12.4. The molecule has 2 heterocycles. The van der Waals surface area contributed by atoms with Crippen molar-refractivity contribution >= 4 is 5.97 Å². The summed E-state index contributed by atoms with van der Waals surface area (Å²) in [6, 6.07) is 0.524. The molecule has 0 amide bonds. The van der Waals surface area contributed by atoms with Gasteiger partial charge in [0.2, 0.25) is 0 Å². The van der Waals surface area contributed by atoms with Crippen molar-refractivity contribution in [2.24, 2.45) is 5.92 Å². The van der Waals surface area contributed by atoms with Gasteiger partial charge in [0.25, 0.3) is 0 Å². The number of rotatable bonds is 2. The zero-order valence-corrected chi connectivity index (χ0v) is 10.8. The van der Waals surface area contributed by atoms with Crippen molar-refractivity contribution in [3.05, 3.63) is 11.8 Å². The number of hydrogen-bond acceptors (Lipinski definition) is 4. The summed E-state index contributed by atoms with van der Waals surface area (Å²) in [6.45, 7) is 3.69. The van der Waals surface area contributed by atoms with Crippen LogP contribution in [0.25, 0.3) is 0 Å². The Morgan fingerprint density at radius 2 is 2.29 bits per heavy atom. The molecule has 3 atom stereocenters. The van der Waals surface area contributed by atoms with E-state index >= 15 is 0 Å². The van der Waals surface area contributed by atoms with Gasteiger partial charge in [0, 0.05) is 18.9 Å². The van der Waals surface area contributed by atoms with E-state index in [0.29, 0.717) is 12.0 Å². The summed E-state index contributed by atoms with van der Waals surface area (Å²) < 4.78 is 5.61. The van der Waals surface area contributed by atoms with Gasteiger partial charge in [-0.2, -0.15) is 0 Å². The monoisotopic (exact) mass is 239 g/mol. The largest absolute Gasteiger partial charge is 0.512 e. The second-order valence-electron chi connectivity index (χ2n) is 5.40. The van der Waals surface area contributed by atoms with Crippen LogP contribution < -0.4 is 0 Å². The Kier molecular flexibility index (Phi) is 3.17. The van der Waals surface area contributed by atoms with Crippen molar-refractivity contribution in [3.63, 3.8) is 0 Å². The number of hydrogen-bond donors (Lipinski definition) is 1. The molecule has 0 aromatic rings. The van der Waals surface area contributed by atoms with Gasteiger partial charge in [0.15, 0.2) is 5.72 Å². The maximum Gasteiger partial charge on any atom is 0.335 e. The van der Waals surface area contributed by atoms with Crippen LogP contribution in [-0.2, 0) is 9.53 Å². The fraction of sp³-hybridized carbons (Fsp3) is 0.769. The first-order valence-corrected chi connectivity index (χ1v) is 6.28. The number of piperidine rings is 1. The highest BCUT2D eigenvalue weighted by atomic mass is 16.6. The Morgan fingerprint density at radius 1 is 1.59 bits per heavy atom. The summed E-state index contributed by atoms with van der Waals surface area (Å²) >= 11 is 0. The molecule has 0 radical (unpaired) electrons. The lowest BCUT2D eigenvalue weighted by molar-refractivity contribution is -0.179. The second kappa shape index (κ2) is 4.33. The van der Waals surface area contributed by atoms with Crippen molar-refractivity contribution in [1.29, 1.82) is 0 Å². The van der Waals surface area contributed by atoms with Crippen molar-refractivity contribution in [3.8, 4) is 0 Å². The molecule has 2 aliphatic rings. The van der Waals surface area contributed by atoms with Crippen LogP contribution in [0.15, 0.2) is 11.8 Å². The zero-order valence-electron chi connectivity index (χ0n) is 10.8. The molecule has 4 nitrogen and oxygen atoms in total. The van der Waals surface area contributed by atoms with E-state index in [-0.39, 0.29) is 5.76 Å². The van der Waals surface area contributed by atoms with Crippen LogP contribution in [0.5, 0.6) is 0 Å². The van der Waals surface area contributed by atoms with E-state index in [4.69, 9.17) is 9.84 Å². The average molecular weight is 239 g/mol. The van der Waals surface area contributed by atoms with E-state index in [1.54, 1.807) is 0 Å². The van der Waals surface area contributed by atoms with Crippen molar-refractivity contribution in [2.45, 2.75) is 51.3 Å². The SMILES string of the molecule is CC(O)=CC(=O)O[C@]12CCC[C@H](C(C)C1)N2C. The summed E-state index contributed by atoms with van der Waals surface area (Å²) in [5.41, 5.74) is -0.439. The average Bonchev–Trinajstić information content (AvgIpc) is 2.35. The summed E-state index contributed by atoms with van der Waals surface area (Å²) in [7, 11) is 2.04. The molecular formula is C13H21NO3. The van der Waals surface area contributed by atoms with Gasteiger partial charge < -0.3 is 9.84 Å². The zero-order chi connectivity index (χ0) is 12.6. The van der Waals surface area contributed by atoms with Crippen LogP contribution in [-0.4, -0.2) is 34.8 Å². The number of carbonyl (C=O) groups is 1. The number of fused-ring (bicyclic) bond motifs is 2. The molecule has 2 fully saturated rings. The summed E-state index contributed by atoms with van der Waals surface area (Å²) in [5, 5.41) is 9.08. The van der Waals surface area contributed by atoms with E-state index in [1.807, 2.05) is 7.05 Å². The first-order chi connectivity index (χ1) is 7.94. The Hall–Kier alpha value is -1.03. The Balaban J connectivity index is 2.13. The maximum absolute atomic E-state index is 11.7. The van der Waals surface area contributed by atoms with Gasteiger partial charge in [-0.15, -0.1) is 0 Å². The standard InChI is InChI=1S/C13H21NO3/c1-9-8-13(17-12(16)7-10(2)15)6-4-5-11(9)14(13)3/h7,9,11,15H,4-6,8H2,1-3H3/t9?,11-,13-/m1/s1. The molecule has 2 rings (SSSR count). The van der Waals surface area contributed by atoms with Gasteiger partial charge in [0.05, 0.1) is 11.8 Å². The number of aliphatic hydroxyl groups is 1. The van der Waals surface area contributed by atoms with Gasteiger partial charge in [0.1, 0.15) is 0 Å². The van der Waals surface area contributed by atoms with Gasteiger partial charge in [-0.1, -0.05) is 6.92 Å². The molecule has 1 N–H and O–H groups in total. The highest BCUT2D eigenvalue weighted by Gasteiger charge is 2.52. The number of aliphatic hydroxyl groups excluding tert-OH is 1. The van der Waals surface area contributed by atoms with Crippen LogP contribution >= 0.6 is 0 Å². The topological polar surface area (TPSA) is 49.8 Å². The Labute approximate surface area is 102 Å². The maximum atomic E-state index is 11.7. The minimum Gasteiger partial charge on any atom is -0.512 e. The predicted octanol–water partition coefficient (Wildman–Crippen LogP) is 2.21. The number of carbonyl (C=O) groups excluding carboxylic acids is 1. The molecule has 17 heavy (non-hydrogen) atoms. The third-order valence-electron chi connectivity index (χ3n) is 4.12. The Bertz CT molecular complexity index is 349. The van der Waals surface area contributed by atoms with Crippen LogP contribution in [0.2, 0.25) is 0 Å². The number of esters is 1. The molecule has 0 spiro atoms. The lowest BCUT2D eigenvalue weighted by atomic mass is 9.99. The van der Waals surface area contributed by atoms with Gasteiger partial charge in [-0.25, -0.2) is 4.79 Å². The van der Waals surface area contributed by atoms with Crippen LogP contribution in [0.3, 0.4) is 0 Å². The van der Waals surface area contributed by atoms with Crippen molar-refractivity contribution in [2.75, 3.05) is 7.05 Å². The van der Waals surface area contributed by atoms with Crippen LogP contribution in [0, 0.1) is 5.92 Å². The molecule has 0 aromatic heterocycles. The lowest BCUT2D eigenvalue weighted by Gasteiger charge is -2.41. The normalized spacial score (nSPS) is 38.2. The summed E-state index contributed by atoms with van der Waals surface area (Å²) in [4.78, 5) is 13.9. The predicted molar refractivity (Wildman–Crippen MR) is 64.4 cm³/mol. The van der Waals surface area contributed by atoms with E-state index in [0.717, 1.165) is 25.3 Å². The summed E-state index contributed by atoms with van der Waals surface area (Å²) in [5.74, 6) is 0.119. The highest BCUT2D eigenvalue weighted by Crippen LogP contribution is 2.46. The lowest BCUT2D eigenvalue weighted by Crippen LogP contribution is -2.50. The summed E-state index contributed by atoms with van der Waals surface area (Å²) in [6.07, 6.45) is 5.24. The van der Waals surface area contributed by atoms with Gasteiger partial charge in [-0.3, -0.25) is 4.90 Å². The van der Waals surface area contributed by atoms with Crippen molar-refractivity contribution in [1.82, 2.24) is 4.90 Å². The Morgan fingerprint density at radius 3 is 2.94 bits per heavy atom. The molecule has 0 saturated carbocycles. The fourth-order valence-corrected chi connectivity index (χ4v) is 3.36. The molecule has 1 unspecified atom stereocenters. The quantitative estimate of drug-likeness (QED) is 0.456. The molecule has 0 aromatic carbocycles. The highest BCUT2D eigenvalue weighted by molar-refractivity contribution is 5.82. The van der Waals surface area contributed by atoms with Crippen molar-refractivity contribution < 1.29 is 14.6 Å². The van der Waals surface area contributed by atoms with Gasteiger partial charge >= 0.3 is 5.97 Å². The number of nitrogens with zero attached hydrogens (tertiary/aromatic N) is 1. The molecular weight excluding hydrogens is 218 g/mol. The molecule has 4 heteroatoms. The molecule has 2 saturated heterocycles. The molecule has 2 aliphatic heterocycles. The van der Waals surface area contributed by atoms with Gasteiger partial charge in [-0.05, 0) is 32.7 Å². The van der Waals surface area contributed by atoms with E-state index in [1.165, 1.54) is 13.3 Å². The number of allylic oxidation sites excluding steroid dienone is 1. The molecule has 96 valence electrons. The first-order valence-electron chi connectivity index (χ1n) is 6.28. The molecule has 0 aliphatic carbocycles. The molecule has 2 bridgehead atoms.